The number of anilines is 1. The first-order valence-corrected chi connectivity index (χ1v) is 8.78. The SMILES string of the molecule is COc1ccc(-c2noc(-c3ccccc3C(=O)Nc3cccc(F)c3)n2)cc1. The summed E-state index contributed by atoms with van der Waals surface area (Å²) in [4.78, 5) is 17.1. The van der Waals surface area contributed by atoms with Crippen molar-refractivity contribution in [3.8, 4) is 28.6 Å². The van der Waals surface area contributed by atoms with Gasteiger partial charge in [-0.3, -0.25) is 4.79 Å². The van der Waals surface area contributed by atoms with Gasteiger partial charge in [-0.05, 0) is 54.6 Å². The number of hydrogen-bond acceptors (Lipinski definition) is 5. The first-order valence-electron chi connectivity index (χ1n) is 8.78. The maximum atomic E-state index is 13.4. The minimum absolute atomic E-state index is 0.209. The number of methoxy groups -OCH3 is 1. The number of nitrogens with zero attached hydrogens (tertiary/aromatic N) is 2. The second-order valence-corrected chi connectivity index (χ2v) is 6.16. The summed E-state index contributed by atoms with van der Waals surface area (Å²) in [6.45, 7) is 0. The molecule has 0 fully saturated rings. The number of ether oxygens (including phenoxy) is 1. The fourth-order valence-electron chi connectivity index (χ4n) is 2.82. The monoisotopic (exact) mass is 389 g/mol. The van der Waals surface area contributed by atoms with Crippen molar-refractivity contribution in [2.45, 2.75) is 0 Å². The van der Waals surface area contributed by atoms with Crippen molar-refractivity contribution in [1.29, 1.82) is 0 Å². The highest BCUT2D eigenvalue weighted by Crippen LogP contribution is 2.27. The quantitative estimate of drug-likeness (QED) is 0.530. The molecule has 0 aliphatic rings. The molecule has 0 saturated heterocycles. The van der Waals surface area contributed by atoms with Gasteiger partial charge in [0.05, 0.1) is 18.2 Å². The Hall–Kier alpha value is -4.00. The van der Waals surface area contributed by atoms with Crippen molar-refractivity contribution in [2.24, 2.45) is 0 Å². The highest BCUT2D eigenvalue weighted by atomic mass is 19.1. The zero-order valence-electron chi connectivity index (χ0n) is 15.4. The van der Waals surface area contributed by atoms with Gasteiger partial charge < -0.3 is 14.6 Å². The fraction of sp³-hybridized carbons (Fsp3) is 0.0455. The molecular weight excluding hydrogens is 373 g/mol. The Kier molecular flexibility index (Phi) is 5.03. The van der Waals surface area contributed by atoms with E-state index in [0.717, 1.165) is 11.3 Å². The molecule has 0 unspecified atom stereocenters. The summed E-state index contributed by atoms with van der Waals surface area (Å²) in [5.41, 5.74) is 1.92. The molecule has 0 bridgehead atoms. The van der Waals surface area contributed by atoms with Crippen LogP contribution in [0.4, 0.5) is 10.1 Å². The Morgan fingerprint density at radius 2 is 1.83 bits per heavy atom. The average Bonchev–Trinajstić information content (AvgIpc) is 3.24. The Labute approximate surface area is 166 Å². The van der Waals surface area contributed by atoms with Crippen molar-refractivity contribution < 1.29 is 18.4 Å². The predicted octanol–water partition coefficient (Wildman–Crippen LogP) is 4.80. The lowest BCUT2D eigenvalue weighted by atomic mass is 10.1. The summed E-state index contributed by atoms with van der Waals surface area (Å²) in [5.74, 6) is 0.480. The fourth-order valence-corrected chi connectivity index (χ4v) is 2.82. The summed E-state index contributed by atoms with van der Waals surface area (Å²) < 4.78 is 23.9. The van der Waals surface area contributed by atoms with E-state index in [1.165, 1.54) is 18.2 Å². The number of aromatic nitrogens is 2. The maximum Gasteiger partial charge on any atom is 0.259 e. The number of carbonyl (C=O) groups excluding carboxylic acids is 1. The Morgan fingerprint density at radius 3 is 2.59 bits per heavy atom. The lowest BCUT2D eigenvalue weighted by molar-refractivity contribution is 0.102. The molecule has 4 aromatic rings. The predicted molar refractivity (Wildman–Crippen MR) is 106 cm³/mol. The van der Waals surface area contributed by atoms with Crippen LogP contribution in [0, 0.1) is 5.82 Å². The number of nitrogens with one attached hydrogen (secondary N) is 1. The van der Waals surface area contributed by atoms with Crippen LogP contribution in [0.1, 0.15) is 10.4 Å². The topological polar surface area (TPSA) is 77.2 Å². The Morgan fingerprint density at radius 1 is 1.03 bits per heavy atom. The standard InChI is InChI=1S/C22H16FN3O3/c1-28-17-11-9-14(10-12-17)20-25-22(29-26-20)19-8-3-2-7-18(19)21(27)24-16-6-4-5-15(23)13-16/h2-13H,1H3,(H,24,27). The minimum atomic E-state index is -0.433. The van der Waals surface area contributed by atoms with Crippen LogP contribution in [0.2, 0.25) is 0 Å². The smallest absolute Gasteiger partial charge is 0.259 e. The maximum absolute atomic E-state index is 13.4. The molecule has 1 heterocycles. The van der Waals surface area contributed by atoms with Crippen molar-refractivity contribution in [1.82, 2.24) is 10.1 Å². The molecule has 4 rings (SSSR count). The van der Waals surface area contributed by atoms with E-state index in [0.29, 0.717) is 22.6 Å². The third-order valence-corrected chi connectivity index (χ3v) is 4.26. The van der Waals surface area contributed by atoms with Gasteiger partial charge in [-0.25, -0.2) is 4.39 Å². The zero-order valence-corrected chi connectivity index (χ0v) is 15.4. The van der Waals surface area contributed by atoms with Gasteiger partial charge in [0.2, 0.25) is 5.82 Å². The van der Waals surface area contributed by atoms with Gasteiger partial charge in [0.1, 0.15) is 11.6 Å². The Bertz CT molecular complexity index is 1160. The molecule has 0 aliphatic heterocycles. The average molecular weight is 389 g/mol. The van der Waals surface area contributed by atoms with Gasteiger partial charge in [-0.2, -0.15) is 4.98 Å². The van der Waals surface area contributed by atoms with E-state index in [-0.39, 0.29) is 5.89 Å². The van der Waals surface area contributed by atoms with Gasteiger partial charge in [-0.1, -0.05) is 23.4 Å². The summed E-state index contributed by atoms with van der Waals surface area (Å²) in [6.07, 6.45) is 0. The second-order valence-electron chi connectivity index (χ2n) is 6.16. The number of carbonyl (C=O) groups is 1. The molecule has 1 N–H and O–H groups in total. The van der Waals surface area contributed by atoms with Gasteiger partial charge in [-0.15, -0.1) is 0 Å². The zero-order chi connectivity index (χ0) is 20.2. The van der Waals surface area contributed by atoms with E-state index in [1.54, 1.807) is 49.6 Å². The molecule has 0 aliphatic carbocycles. The van der Waals surface area contributed by atoms with Gasteiger partial charge in [0.15, 0.2) is 0 Å². The second kappa shape index (κ2) is 7.93. The summed E-state index contributed by atoms with van der Waals surface area (Å²) >= 11 is 0. The third kappa shape index (κ3) is 3.98. The Balaban J connectivity index is 1.63. The third-order valence-electron chi connectivity index (χ3n) is 4.26. The molecule has 0 saturated carbocycles. The van der Waals surface area contributed by atoms with Crippen LogP contribution in [-0.4, -0.2) is 23.2 Å². The van der Waals surface area contributed by atoms with Crippen LogP contribution in [0.25, 0.3) is 22.8 Å². The van der Waals surface area contributed by atoms with Crippen LogP contribution in [0.3, 0.4) is 0 Å². The molecular formula is C22H16FN3O3. The lowest BCUT2D eigenvalue weighted by Gasteiger charge is -2.08. The summed E-state index contributed by atoms with van der Waals surface area (Å²) in [5, 5.41) is 6.68. The van der Waals surface area contributed by atoms with Crippen molar-refractivity contribution in [2.75, 3.05) is 12.4 Å². The minimum Gasteiger partial charge on any atom is -0.497 e. The normalized spacial score (nSPS) is 10.6. The molecule has 1 aromatic heterocycles. The molecule has 3 aromatic carbocycles. The number of amides is 1. The first kappa shape index (κ1) is 18.4. The lowest BCUT2D eigenvalue weighted by Crippen LogP contribution is -2.13. The van der Waals surface area contributed by atoms with Crippen LogP contribution < -0.4 is 10.1 Å². The van der Waals surface area contributed by atoms with Gasteiger partial charge in [0, 0.05) is 11.3 Å². The first-order chi connectivity index (χ1) is 14.1. The molecule has 0 radical (unpaired) electrons. The van der Waals surface area contributed by atoms with Crippen LogP contribution in [0.15, 0.2) is 77.3 Å². The van der Waals surface area contributed by atoms with Crippen LogP contribution >= 0.6 is 0 Å². The largest absolute Gasteiger partial charge is 0.497 e. The highest BCUT2D eigenvalue weighted by Gasteiger charge is 2.18. The molecule has 0 atom stereocenters. The molecule has 144 valence electrons. The van der Waals surface area contributed by atoms with Crippen molar-refractivity contribution in [3.05, 3.63) is 84.2 Å². The molecule has 1 amide bonds. The van der Waals surface area contributed by atoms with Crippen molar-refractivity contribution >= 4 is 11.6 Å². The van der Waals surface area contributed by atoms with Crippen LogP contribution in [0.5, 0.6) is 5.75 Å². The number of halogens is 1. The molecule has 29 heavy (non-hydrogen) atoms. The van der Waals surface area contributed by atoms with Crippen LogP contribution in [-0.2, 0) is 0 Å². The number of hydrogen-bond donors (Lipinski definition) is 1. The molecule has 0 spiro atoms. The highest BCUT2D eigenvalue weighted by molar-refractivity contribution is 6.08. The summed E-state index contributed by atoms with van der Waals surface area (Å²) in [6, 6.07) is 19.8. The molecule has 7 heteroatoms. The summed E-state index contributed by atoms with van der Waals surface area (Å²) in [7, 11) is 1.59. The van der Waals surface area contributed by atoms with E-state index in [9.17, 15) is 9.18 Å². The number of benzene rings is 3. The van der Waals surface area contributed by atoms with E-state index in [1.807, 2.05) is 12.1 Å². The van der Waals surface area contributed by atoms with Gasteiger partial charge in [0.25, 0.3) is 11.8 Å². The van der Waals surface area contributed by atoms with E-state index in [2.05, 4.69) is 15.5 Å². The van der Waals surface area contributed by atoms with E-state index >= 15 is 0 Å². The van der Waals surface area contributed by atoms with Gasteiger partial charge >= 0.3 is 0 Å². The van der Waals surface area contributed by atoms with E-state index < -0.39 is 11.7 Å². The van der Waals surface area contributed by atoms with Crippen molar-refractivity contribution in [3.63, 3.8) is 0 Å². The van der Waals surface area contributed by atoms with E-state index in [4.69, 9.17) is 9.26 Å². The number of rotatable bonds is 5. The molecule has 6 nitrogen and oxygen atoms in total.